The van der Waals surface area contributed by atoms with Gasteiger partial charge in [0.1, 0.15) is 0 Å². The molecule has 2 N–H and O–H groups in total. The maximum absolute atomic E-state index is 13.8. The molecule has 1 aromatic heterocycles. The van der Waals surface area contributed by atoms with E-state index in [1.807, 2.05) is 0 Å². The molecule has 196 valence electrons. The van der Waals surface area contributed by atoms with Gasteiger partial charge >= 0.3 is 6.18 Å². The van der Waals surface area contributed by atoms with Crippen LogP contribution < -0.4 is 10.6 Å². The Morgan fingerprint density at radius 3 is 2.30 bits per heavy atom. The first-order valence-corrected chi connectivity index (χ1v) is 12.7. The molecule has 0 saturated heterocycles. The van der Waals surface area contributed by atoms with Crippen LogP contribution in [0.25, 0.3) is 5.69 Å². The minimum Gasteiger partial charge on any atom is -0.352 e. The molecule has 2 amide bonds. The standard InChI is InChI=1S/C28H31F3N4O2/c29-28(30,31)25-24(19-34-35(25)23-11-5-2-6-12-23)27(37)33-18-21-13-15-22(16-14-21)26(36)32-17-7-10-20-8-3-1-4-9-20/h2,5-6,11-16,19-20H,1,3-4,7-10,17-18H2,(H,32,36)(H,33,37). The van der Waals surface area contributed by atoms with Crippen LogP contribution in [0.4, 0.5) is 13.2 Å². The largest absolute Gasteiger partial charge is 0.434 e. The van der Waals surface area contributed by atoms with E-state index < -0.39 is 23.3 Å². The molecule has 2 aromatic carbocycles. The second-order valence-corrected chi connectivity index (χ2v) is 9.43. The number of benzene rings is 2. The van der Waals surface area contributed by atoms with Crippen LogP contribution in [0.15, 0.2) is 60.8 Å². The number of alkyl halides is 3. The zero-order chi connectivity index (χ0) is 26.3. The minimum atomic E-state index is -4.77. The molecule has 1 fully saturated rings. The van der Waals surface area contributed by atoms with E-state index in [0.29, 0.717) is 17.7 Å². The normalized spacial score (nSPS) is 14.4. The van der Waals surface area contributed by atoms with Gasteiger partial charge in [-0.25, -0.2) is 4.68 Å². The van der Waals surface area contributed by atoms with Crippen LogP contribution in [-0.2, 0) is 12.7 Å². The number of aromatic nitrogens is 2. The molecule has 6 nitrogen and oxygen atoms in total. The highest BCUT2D eigenvalue weighted by Gasteiger charge is 2.40. The van der Waals surface area contributed by atoms with Crippen molar-refractivity contribution in [2.45, 2.75) is 57.7 Å². The van der Waals surface area contributed by atoms with Crippen molar-refractivity contribution in [3.8, 4) is 5.69 Å². The lowest BCUT2D eigenvalue weighted by molar-refractivity contribution is -0.143. The van der Waals surface area contributed by atoms with Crippen molar-refractivity contribution < 1.29 is 22.8 Å². The molecular weight excluding hydrogens is 481 g/mol. The maximum atomic E-state index is 13.8. The average molecular weight is 513 g/mol. The number of amides is 2. The average Bonchev–Trinajstić information content (AvgIpc) is 3.37. The Balaban J connectivity index is 1.31. The second-order valence-electron chi connectivity index (χ2n) is 9.43. The lowest BCUT2D eigenvalue weighted by atomic mass is 9.86. The van der Waals surface area contributed by atoms with E-state index in [4.69, 9.17) is 0 Å². The lowest BCUT2D eigenvalue weighted by Crippen LogP contribution is -2.26. The molecule has 1 heterocycles. The van der Waals surface area contributed by atoms with Gasteiger partial charge < -0.3 is 10.6 Å². The van der Waals surface area contributed by atoms with Gasteiger partial charge in [0.05, 0.1) is 17.4 Å². The number of nitrogens with zero attached hydrogens (tertiary/aromatic N) is 2. The molecule has 0 aliphatic heterocycles. The zero-order valence-electron chi connectivity index (χ0n) is 20.6. The molecule has 0 bridgehead atoms. The van der Waals surface area contributed by atoms with Gasteiger partial charge in [-0.3, -0.25) is 9.59 Å². The Kier molecular flexibility index (Phi) is 8.63. The minimum absolute atomic E-state index is 0.00986. The smallest absolute Gasteiger partial charge is 0.352 e. The van der Waals surface area contributed by atoms with Crippen LogP contribution >= 0.6 is 0 Å². The summed E-state index contributed by atoms with van der Waals surface area (Å²) in [5.74, 6) is -0.267. The molecule has 3 aromatic rings. The van der Waals surface area contributed by atoms with Crippen molar-refractivity contribution in [1.29, 1.82) is 0 Å². The molecule has 0 unspecified atom stereocenters. The van der Waals surface area contributed by atoms with Crippen molar-refractivity contribution in [1.82, 2.24) is 20.4 Å². The van der Waals surface area contributed by atoms with Gasteiger partial charge in [-0.05, 0) is 48.6 Å². The molecule has 1 saturated carbocycles. The van der Waals surface area contributed by atoms with Crippen molar-refractivity contribution in [3.05, 3.63) is 83.2 Å². The van der Waals surface area contributed by atoms with Gasteiger partial charge in [-0.1, -0.05) is 62.4 Å². The Hall–Kier alpha value is -3.62. The van der Waals surface area contributed by atoms with Gasteiger partial charge in [-0.2, -0.15) is 18.3 Å². The summed E-state index contributed by atoms with van der Waals surface area (Å²) >= 11 is 0. The molecule has 9 heteroatoms. The maximum Gasteiger partial charge on any atom is 0.434 e. The first kappa shape index (κ1) is 26.4. The Morgan fingerprint density at radius 2 is 1.62 bits per heavy atom. The summed E-state index contributed by atoms with van der Waals surface area (Å²) in [4.78, 5) is 25.1. The summed E-state index contributed by atoms with van der Waals surface area (Å²) < 4.78 is 42.1. The van der Waals surface area contributed by atoms with Crippen LogP contribution in [0, 0.1) is 5.92 Å². The molecule has 37 heavy (non-hydrogen) atoms. The number of para-hydroxylation sites is 1. The number of carbonyl (C=O) groups is 2. The number of nitrogens with one attached hydrogen (secondary N) is 2. The van der Waals surface area contributed by atoms with Gasteiger partial charge in [0.15, 0.2) is 5.69 Å². The summed E-state index contributed by atoms with van der Waals surface area (Å²) in [6.07, 6.45) is 4.78. The molecule has 0 spiro atoms. The zero-order valence-corrected chi connectivity index (χ0v) is 20.6. The Labute approximate surface area is 214 Å². The molecule has 1 aliphatic rings. The molecule has 0 radical (unpaired) electrons. The summed E-state index contributed by atoms with van der Waals surface area (Å²) in [6.45, 7) is 0.640. The van der Waals surface area contributed by atoms with Crippen LogP contribution in [0.5, 0.6) is 0 Å². The number of carbonyl (C=O) groups excluding carboxylic acids is 2. The Bertz CT molecular complexity index is 1180. The highest BCUT2D eigenvalue weighted by atomic mass is 19.4. The third kappa shape index (κ3) is 6.99. The van der Waals surface area contributed by atoms with Crippen LogP contribution in [-0.4, -0.2) is 28.1 Å². The number of halogens is 3. The fourth-order valence-electron chi connectivity index (χ4n) is 4.77. The summed E-state index contributed by atoms with van der Waals surface area (Å²) in [6, 6.07) is 14.5. The van der Waals surface area contributed by atoms with E-state index in [1.165, 1.54) is 44.2 Å². The molecular formula is C28H31F3N4O2. The van der Waals surface area contributed by atoms with Crippen LogP contribution in [0.1, 0.15) is 76.9 Å². The number of rotatable bonds is 9. The van der Waals surface area contributed by atoms with E-state index in [9.17, 15) is 22.8 Å². The van der Waals surface area contributed by atoms with Crippen molar-refractivity contribution in [2.75, 3.05) is 6.54 Å². The SMILES string of the molecule is O=C(NCCCC1CCCCC1)c1ccc(CNC(=O)c2cnn(-c3ccccc3)c2C(F)(F)F)cc1. The molecule has 1 aliphatic carbocycles. The van der Waals surface area contributed by atoms with E-state index in [2.05, 4.69) is 15.7 Å². The number of hydrogen-bond acceptors (Lipinski definition) is 3. The third-order valence-electron chi connectivity index (χ3n) is 6.75. The molecule has 4 rings (SSSR count). The summed E-state index contributed by atoms with van der Waals surface area (Å²) in [5.41, 5.74) is -0.327. The first-order chi connectivity index (χ1) is 17.8. The Morgan fingerprint density at radius 1 is 0.919 bits per heavy atom. The quantitative estimate of drug-likeness (QED) is 0.350. The van der Waals surface area contributed by atoms with Crippen LogP contribution in [0.2, 0.25) is 0 Å². The lowest BCUT2D eigenvalue weighted by Gasteiger charge is -2.21. The van der Waals surface area contributed by atoms with E-state index in [-0.39, 0.29) is 18.1 Å². The fourth-order valence-corrected chi connectivity index (χ4v) is 4.77. The predicted octanol–water partition coefficient (Wildman–Crippen LogP) is 5.91. The van der Waals surface area contributed by atoms with Gasteiger partial charge in [0, 0.05) is 18.7 Å². The van der Waals surface area contributed by atoms with Crippen molar-refractivity contribution in [2.24, 2.45) is 5.92 Å². The van der Waals surface area contributed by atoms with E-state index in [0.717, 1.165) is 29.6 Å². The molecule has 0 atom stereocenters. The van der Waals surface area contributed by atoms with Crippen molar-refractivity contribution >= 4 is 11.8 Å². The second kappa shape index (κ2) is 12.1. The highest BCUT2D eigenvalue weighted by Crippen LogP contribution is 2.33. The third-order valence-corrected chi connectivity index (χ3v) is 6.75. The van der Waals surface area contributed by atoms with E-state index >= 15 is 0 Å². The van der Waals surface area contributed by atoms with Gasteiger partial charge in [-0.15, -0.1) is 0 Å². The monoisotopic (exact) mass is 512 g/mol. The fraction of sp³-hybridized carbons (Fsp3) is 0.393. The number of hydrogen-bond donors (Lipinski definition) is 2. The van der Waals surface area contributed by atoms with Crippen molar-refractivity contribution in [3.63, 3.8) is 0 Å². The highest BCUT2D eigenvalue weighted by molar-refractivity contribution is 5.95. The summed E-state index contributed by atoms with van der Waals surface area (Å²) in [7, 11) is 0. The van der Waals surface area contributed by atoms with Gasteiger partial charge in [0.25, 0.3) is 11.8 Å². The topological polar surface area (TPSA) is 76.0 Å². The predicted molar refractivity (Wildman–Crippen MR) is 134 cm³/mol. The first-order valence-electron chi connectivity index (χ1n) is 12.7. The van der Waals surface area contributed by atoms with E-state index in [1.54, 1.807) is 42.5 Å². The van der Waals surface area contributed by atoms with Crippen LogP contribution in [0.3, 0.4) is 0 Å². The summed E-state index contributed by atoms with van der Waals surface area (Å²) in [5, 5.41) is 9.27. The van der Waals surface area contributed by atoms with Gasteiger partial charge in [0.2, 0.25) is 0 Å².